The van der Waals surface area contributed by atoms with Crippen LogP contribution in [0.5, 0.6) is 5.75 Å². The molecule has 6 saturated carbocycles. The van der Waals surface area contributed by atoms with Gasteiger partial charge in [-0.2, -0.15) is 0 Å². The Morgan fingerprint density at radius 2 is 0.975 bits per heavy atom. The summed E-state index contributed by atoms with van der Waals surface area (Å²) in [6.07, 6.45) is 29.1. The van der Waals surface area contributed by atoms with Crippen LogP contribution in [0.15, 0.2) is 12.1 Å². The van der Waals surface area contributed by atoms with Gasteiger partial charge in [-0.25, -0.2) is 0 Å². The highest BCUT2D eigenvalue weighted by molar-refractivity contribution is 5.55. The van der Waals surface area contributed by atoms with Crippen molar-refractivity contribution >= 4 is 0 Å². The molecule has 7 rings (SSSR count). The Kier molecular flexibility index (Phi) is 7.39. The molecule has 0 radical (unpaired) electrons. The molecule has 40 heavy (non-hydrogen) atoms. The van der Waals surface area contributed by atoms with Gasteiger partial charge in [-0.1, -0.05) is 71.4 Å². The summed E-state index contributed by atoms with van der Waals surface area (Å²) in [6, 6.07) is 5.41. The molecule has 1 aromatic carbocycles. The number of rotatable bonds is 12. The lowest BCUT2D eigenvalue weighted by molar-refractivity contribution is 0.234. The molecule has 6 aliphatic carbocycles. The molecular formula is C39H60O. The molecule has 0 aromatic heterocycles. The van der Waals surface area contributed by atoms with E-state index in [4.69, 9.17) is 0 Å². The summed E-state index contributed by atoms with van der Waals surface area (Å²) in [4.78, 5) is 0. The normalized spacial score (nSPS) is 43.0. The predicted molar refractivity (Wildman–Crippen MR) is 168 cm³/mol. The third-order valence-electron chi connectivity index (χ3n) is 14.6. The predicted octanol–water partition coefficient (Wildman–Crippen LogP) is 11.1. The minimum absolute atomic E-state index is 0.257. The first-order valence-electron chi connectivity index (χ1n) is 18.4. The van der Waals surface area contributed by atoms with E-state index in [1.54, 1.807) is 5.56 Å². The molecule has 0 saturated heterocycles. The molecule has 1 N–H and O–H groups in total. The number of benzene rings is 1. The third kappa shape index (κ3) is 4.12. The van der Waals surface area contributed by atoms with Gasteiger partial charge in [-0.3, -0.25) is 0 Å². The zero-order valence-electron chi connectivity index (χ0n) is 26.4. The number of phenols is 1. The van der Waals surface area contributed by atoms with Crippen LogP contribution in [-0.2, 0) is 16.2 Å². The number of phenolic OH excluding ortho intramolecular Hbond substituents is 1. The van der Waals surface area contributed by atoms with Crippen LogP contribution in [-0.4, -0.2) is 5.11 Å². The summed E-state index contributed by atoms with van der Waals surface area (Å²) < 4.78 is 0. The first kappa shape index (κ1) is 27.8. The molecule has 9 atom stereocenters. The second-order valence-corrected chi connectivity index (χ2v) is 16.4. The molecule has 0 amide bonds. The average Bonchev–Trinajstić information content (AvgIpc) is 3.81. The van der Waals surface area contributed by atoms with Gasteiger partial charge in [0.2, 0.25) is 0 Å². The van der Waals surface area contributed by atoms with Gasteiger partial charge in [0.25, 0.3) is 0 Å². The molecule has 1 heteroatoms. The SMILES string of the molecule is CCCCC1CC2CCC1(c1cc(C34CCC(CC3CCCC)C4)c(O)c(C34CCC(CC3CCCC)C4)c1)C2. The molecule has 222 valence electrons. The lowest BCUT2D eigenvalue weighted by atomic mass is 9.61. The number of hydrogen-bond acceptors (Lipinski definition) is 1. The maximum absolute atomic E-state index is 12.7. The van der Waals surface area contributed by atoms with Crippen molar-refractivity contribution in [2.45, 2.75) is 172 Å². The first-order chi connectivity index (χ1) is 19.5. The van der Waals surface area contributed by atoms with E-state index in [2.05, 4.69) is 32.9 Å². The van der Waals surface area contributed by atoms with Crippen molar-refractivity contribution in [2.75, 3.05) is 0 Å². The summed E-state index contributed by atoms with van der Waals surface area (Å²) >= 11 is 0. The quantitative estimate of drug-likeness (QED) is 0.277. The van der Waals surface area contributed by atoms with Crippen molar-refractivity contribution in [3.63, 3.8) is 0 Å². The van der Waals surface area contributed by atoms with Crippen molar-refractivity contribution in [1.29, 1.82) is 0 Å². The zero-order chi connectivity index (χ0) is 27.5. The molecule has 6 fully saturated rings. The Morgan fingerprint density at radius 1 is 0.600 bits per heavy atom. The molecule has 1 aromatic rings. The van der Waals surface area contributed by atoms with Crippen LogP contribution in [0.3, 0.4) is 0 Å². The van der Waals surface area contributed by atoms with Crippen LogP contribution >= 0.6 is 0 Å². The highest BCUT2D eigenvalue weighted by Crippen LogP contribution is 2.68. The van der Waals surface area contributed by atoms with Crippen molar-refractivity contribution in [3.8, 4) is 5.75 Å². The molecule has 6 bridgehead atoms. The number of fused-ring (bicyclic) bond motifs is 6. The summed E-state index contributed by atoms with van der Waals surface area (Å²) in [5, 5.41) is 12.7. The monoisotopic (exact) mass is 544 g/mol. The van der Waals surface area contributed by atoms with E-state index in [1.165, 1.54) is 146 Å². The van der Waals surface area contributed by atoms with E-state index in [0.29, 0.717) is 5.41 Å². The van der Waals surface area contributed by atoms with Gasteiger partial charge in [0.1, 0.15) is 5.75 Å². The Balaban J connectivity index is 1.38. The van der Waals surface area contributed by atoms with Crippen molar-refractivity contribution in [2.24, 2.45) is 35.5 Å². The number of aromatic hydroxyl groups is 1. The van der Waals surface area contributed by atoms with Gasteiger partial charge in [0.15, 0.2) is 0 Å². The van der Waals surface area contributed by atoms with E-state index >= 15 is 0 Å². The van der Waals surface area contributed by atoms with Crippen LogP contribution < -0.4 is 0 Å². The minimum atomic E-state index is 0.257. The van der Waals surface area contributed by atoms with Crippen molar-refractivity contribution < 1.29 is 5.11 Å². The van der Waals surface area contributed by atoms with Gasteiger partial charge in [-0.05, 0) is 143 Å². The molecule has 1 nitrogen and oxygen atoms in total. The summed E-state index contributed by atoms with van der Waals surface area (Å²) in [7, 11) is 0. The van der Waals surface area contributed by atoms with E-state index in [1.807, 2.05) is 0 Å². The molecule has 0 aliphatic heterocycles. The summed E-state index contributed by atoms with van der Waals surface area (Å²) in [5.41, 5.74) is 5.57. The molecule has 0 heterocycles. The van der Waals surface area contributed by atoms with Gasteiger partial charge in [-0.15, -0.1) is 0 Å². The number of hydrogen-bond donors (Lipinski definition) is 1. The van der Waals surface area contributed by atoms with E-state index in [-0.39, 0.29) is 10.8 Å². The van der Waals surface area contributed by atoms with Crippen LogP contribution in [0.4, 0.5) is 0 Å². The fourth-order valence-electron chi connectivity index (χ4n) is 12.8. The Morgan fingerprint density at radius 3 is 1.35 bits per heavy atom. The van der Waals surface area contributed by atoms with Crippen LogP contribution in [0, 0.1) is 35.5 Å². The molecule has 9 unspecified atom stereocenters. The standard InChI is InChI=1S/C39H60O/c1-4-7-10-30-19-27-13-16-37(30,24-27)33-22-34(38-17-14-28(25-38)20-31(38)11-8-5-2)36(40)35(23-33)39-18-15-29(26-39)21-32(39)12-9-6-3/h22-23,27-32,40H,4-21,24-26H2,1-3H3. The van der Waals surface area contributed by atoms with E-state index in [0.717, 1.165) is 41.3 Å². The zero-order valence-corrected chi connectivity index (χ0v) is 26.4. The van der Waals surface area contributed by atoms with Crippen molar-refractivity contribution in [3.05, 3.63) is 28.8 Å². The number of unbranched alkanes of at least 4 members (excludes halogenated alkanes) is 3. The molecule has 0 spiro atoms. The third-order valence-corrected chi connectivity index (χ3v) is 14.6. The molecular weight excluding hydrogens is 484 g/mol. The lowest BCUT2D eigenvalue weighted by Gasteiger charge is -2.43. The average molecular weight is 545 g/mol. The Labute approximate surface area is 246 Å². The summed E-state index contributed by atoms with van der Waals surface area (Å²) in [5.74, 6) is 6.04. The van der Waals surface area contributed by atoms with Crippen LogP contribution in [0.1, 0.15) is 172 Å². The van der Waals surface area contributed by atoms with Gasteiger partial charge in [0, 0.05) is 22.0 Å². The Bertz CT molecular complexity index is 1010. The minimum Gasteiger partial charge on any atom is -0.507 e. The van der Waals surface area contributed by atoms with E-state index < -0.39 is 0 Å². The highest BCUT2D eigenvalue weighted by atomic mass is 16.3. The second kappa shape index (κ2) is 10.6. The maximum Gasteiger partial charge on any atom is 0.123 e. The maximum atomic E-state index is 12.7. The second-order valence-electron chi connectivity index (χ2n) is 16.4. The molecule has 6 aliphatic rings. The topological polar surface area (TPSA) is 20.2 Å². The smallest absolute Gasteiger partial charge is 0.123 e. The fraction of sp³-hybridized carbons (Fsp3) is 0.846. The Hall–Kier alpha value is -0.980. The highest BCUT2D eigenvalue weighted by Gasteiger charge is 2.59. The van der Waals surface area contributed by atoms with Crippen molar-refractivity contribution in [1.82, 2.24) is 0 Å². The summed E-state index contributed by atoms with van der Waals surface area (Å²) in [6.45, 7) is 7.12. The largest absolute Gasteiger partial charge is 0.507 e. The first-order valence-corrected chi connectivity index (χ1v) is 18.4. The fourth-order valence-corrected chi connectivity index (χ4v) is 12.8. The van der Waals surface area contributed by atoms with Gasteiger partial charge < -0.3 is 5.11 Å². The van der Waals surface area contributed by atoms with Crippen LogP contribution in [0.25, 0.3) is 0 Å². The van der Waals surface area contributed by atoms with Gasteiger partial charge >= 0.3 is 0 Å². The van der Waals surface area contributed by atoms with Crippen LogP contribution in [0.2, 0.25) is 0 Å². The van der Waals surface area contributed by atoms with Gasteiger partial charge in [0.05, 0.1) is 0 Å². The van der Waals surface area contributed by atoms with E-state index in [9.17, 15) is 5.11 Å². The lowest BCUT2D eigenvalue weighted by Crippen LogP contribution is -2.36.